The fourth-order valence-corrected chi connectivity index (χ4v) is 2.89. The highest BCUT2D eigenvalue weighted by molar-refractivity contribution is 8.01. The van der Waals surface area contributed by atoms with E-state index in [9.17, 15) is 14.4 Å². The highest BCUT2D eigenvalue weighted by atomic mass is 32.2. The Balaban J connectivity index is 2.32. The second kappa shape index (κ2) is 9.35. The summed E-state index contributed by atoms with van der Waals surface area (Å²) < 4.78 is 9.92. The molecule has 0 aliphatic carbocycles. The molecule has 0 radical (unpaired) electrons. The molecule has 21 heavy (non-hydrogen) atoms. The first-order chi connectivity index (χ1) is 10.0. The molecule has 0 aliphatic rings. The van der Waals surface area contributed by atoms with E-state index in [2.05, 4.69) is 15.0 Å². The summed E-state index contributed by atoms with van der Waals surface area (Å²) in [6, 6.07) is 0. The van der Waals surface area contributed by atoms with E-state index in [1.165, 1.54) is 30.2 Å². The Kier molecular flexibility index (Phi) is 7.76. The number of hydrogen-bond acceptors (Lipinski definition) is 8. The zero-order valence-corrected chi connectivity index (χ0v) is 13.3. The Morgan fingerprint density at radius 2 is 2.14 bits per heavy atom. The molecular weight excluding hydrogens is 316 g/mol. The molecule has 0 aliphatic heterocycles. The molecule has 0 unspecified atom stereocenters. The summed E-state index contributed by atoms with van der Waals surface area (Å²) in [6.45, 7) is 1.93. The van der Waals surface area contributed by atoms with Crippen LogP contribution < -0.4 is 5.32 Å². The number of esters is 2. The summed E-state index contributed by atoms with van der Waals surface area (Å²) in [4.78, 5) is 37.8. The van der Waals surface area contributed by atoms with Crippen molar-refractivity contribution in [2.75, 3.05) is 26.0 Å². The first-order valence-electron chi connectivity index (χ1n) is 6.11. The molecule has 116 valence electrons. The second-order valence-electron chi connectivity index (χ2n) is 3.73. The van der Waals surface area contributed by atoms with Crippen molar-refractivity contribution in [3.63, 3.8) is 0 Å². The molecule has 0 atom stereocenters. The van der Waals surface area contributed by atoms with Crippen molar-refractivity contribution < 1.29 is 23.9 Å². The summed E-state index contributed by atoms with van der Waals surface area (Å²) in [6.07, 6.45) is 0.124. The van der Waals surface area contributed by atoms with Crippen molar-refractivity contribution in [2.24, 2.45) is 0 Å². The minimum atomic E-state index is -0.501. The first kappa shape index (κ1) is 17.4. The van der Waals surface area contributed by atoms with Gasteiger partial charge in [0.15, 0.2) is 4.34 Å². The summed E-state index contributed by atoms with van der Waals surface area (Å²) in [5.74, 6) is -0.967. The van der Waals surface area contributed by atoms with E-state index in [-0.39, 0.29) is 30.6 Å². The predicted octanol–water partition coefficient (Wildman–Crippen LogP) is 0.630. The van der Waals surface area contributed by atoms with Crippen LogP contribution in [0, 0.1) is 0 Å². The Bertz CT molecular complexity index is 504. The Labute approximate surface area is 130 Å². The van der Waals surface area contributed by atoms with Crippen molar-refractivity contribution in [2.45, 2.75) is 17.7 Å². The Hall–Kier alpha value is -1.61. The Morgan fingerprint density at radius 1 is 1.38 bits per heavy atom. The topological polar surface area (TPSA) is 94.6 Å². The molecule has 0 bridgehead atoms. The molecule has 9 heteroatoms. The smallest absolute Gasteiger partial charge is 0.325 e. The van der Waals surface area contributed by atoms with Gasteiger partial charge in [0.2, 0.25) is 5.91 Å². The van der Waals surface area contributed by atoms with E-state index in [4.69, 9.17) is 4.74 Å². The third kappa shape index (κ3) is 7.09. The number of methoxy groups -OCH3 is 1. The van der Waals surface area contributed by atoms with Crippen molar-refractivity contribution in [3.8, 4) is 0 Å². The van der Waals surface area contributed by atoms with Crippen LogP contribution in [0.3, 0.4) is 0 Å². The van der Waals surface area contributed by atoms with Gasteiger partial charge in [0.25, 0.3) is 0 Å². The lowest BCUT2D eigenvalue weighted by molar-refractivity contribution is -0.142. The maximum Gasteiger partial charge on any atom is 0.325 e. The fourth-order valence-electron chi connectivity index (χ4n) is 1.22. The Morgan fingerprint density at radius 3 is 2.81 bits per heavy atom. The van der Waals surface area contributed by atoms with E-state index in [1.807, 2.05) is 0 Å². The molecule has 0 aromatic carbocycles. The second-order valence-corrected chi connectivity index (χ2v) is 5.81. The van der Waals surface area contributed by atoms with Gasteiger partial charge in [-0.1, -0.05) is 11.8 Å². The summed E-state index contributed by atoms with van der Waals surface area (Å²) in [5, 5.41) is 4.18. The molecule has 1 N–H and O–H groups in total. The van der Waals surface area contributed by atoms with Crippen molar-refractivity contribution in [1.29, 1.82) is 0 Å². The normalized spacial score (nSPS) is 10.0. The van der Waals surface area contributed by atoms with Gasteiger partial charge < -0.3 is 14.8 Å². The fraction of sp³-hybridized carbons (Fsp3) is 0.500. The van der Waals surface area contributed by atoms with Gasteiger partial charge in [-0.05, 0) is 6.92 Å². The lowest BCUT2D eigenvalue weighted by Crippen LogP contribution is -2.31. The molecule has 0 saturated carbocycles. The third-order valence-electron chi connectivity index (χ3n) is 2.15. The number of nitrogens with zero attached hydrogens (tertiary/aromatic N) is 1. The first-order valence-corrected chi connectivity index (χ1v) is 7.98. The number of carbonyl (C=O) groups is 3. The van der Waals surface area contributed by atoms with Crippen LogP contribution in [-0.2, 0) is 30.3 Å². The van der Waals surface area contributed by atoms with Crippen LogP contribution in [0.25, 0.3) is 0 Å². The molecule has 0 spiro atoms. The molecule has 1 heterocycles. The van der Waals surface area contributed by atoms with Gasteiger partial charge >= 0.3 is 11.9 Å². The van der Waals surface area contributed by atoms with Crippen LogP contribution >= 0.6 is 23.1 Å². The number of thioether (sulfide) groups is 1. The molecule has 7 nitrogen and oxygen atoms in total. The number of nitrogens with one attached hydrogen (secondary N) is 1. The number of thiazole rings is 1. The highest BCUT2D eigenvalue weighted by Crippen LogP contribution is 2.22. The number of amides is 1. The van der Waals surface area contributed by atoms with Crippen LogP contribution in [0.4, 0.5) is 0 Å². The largest absolute Gasteiger partial charge is 0.468 e. The van der Waals surface area contributed by atoms with E-state index < -0.39 is 5.97 Å². The average molecular weight is 332 g/mol. The zero-order chi connectivity index (χ0) is 15.7. The SMILES string of the molecule is CCOC(=O)Cc1csc(SCC(=O)NCC(=O)OC)n1. The van der Waals surface area contributed by atoms with Crippen molar-refractivity contribution in [1.82, 2.24) is 10.3 Å². The zero-order valence-electron chi connectivity index (χ0n) is 11.7. The number of carbonyl (C=O) groups excluding carboxylic acids is 3. The van der Waals surface area contributed by atoms with E-state index in [0.29, 0.717) is 16.6 Å². The molecule has 1 rings (SSSR count). The van der Waals surface area contributed by atoms with Crippen LogP contribution in [-0.4, -0.2) is 48.8 Å². The van der Waals surface area contributed by atoms with Crippen LogP contribution in [0.1, 0.15) is 12.6 Å². The van der Waals surface area contributed by atoms with Gasteiger partial charge in [-0.3, -0.25) is 14.4 Å². The average Bonchev–Trinajstić information content (AvgIpc) is 2.90. The van der Waals surface area contributed by atoms with E-state index in [0.717, 1.165) is 0 Å². The van der Waals surface area contributed by atoms with E-state index >= 15 is 0 Å². The maximum atomic E-state index is 11.5. The summed E-state index contributed by atoms with van der Waals surface area (Å²) in [7, 11) is 1.25. The van der Waals surface area contributed by atoms with Gasteiger partial charge in [0.1, 0.15) is 6.54 Å². The lowest BCUT2D eigenvalue weighted by Gasteiger charge is -2.02. The molecule has 0 fully saturated rings. The minimum Gasteiger partial charge on any atom is -0.468 e. The number of aromatic nitrogens is 1. The van der Waals surface area contributed by atoms with Crippen LogP contribution in [0.15, 0.2) is 9.72 Å². The third-order valence-corrected chi connectivity index (χ3v) is 4.22. The van der Waals surface area contributed by atoms with Gasteiger partial charge in [-0.25, -0.2) is 4.98 Å². The quantitative estimate of drug-likeness (QED) is 0.551. The van der Waals surface area contributed by atoms with Gasteiger partial charge in [0.05, 0.1) is 31.6 Å². The summed E-state index contributed by atoms with van der Waals surface area (Å²) >= 11 is 2.59. The summed E-state index contributed by atoms with van der Waals surface area (Å²) in [5.41, 5.74) is 0.621. The lowest BCUT2D eigenvalue weighted by atomic mass is 10.3. The monoisotopic (exact) mass is 332 g/mol. The molecule has 1 aromatic rings. The van der Waals surface area contributed by atoms with Crippen LogP contribution in [0.5, 0.6) is 0 Å². The molecule has 0 saturated heterocycles. The number of ether oxygens (including phenoxy) is 2. The number of hydrogen-bond donors (Lipinski definition) is 1. The maximum absolute atomic E-state index is 11.5. The van der Waals surface area contributed by atoms with Gasteiger partial charge in [0, 0.05) is 5.38 Å². The van der Waals surface area contributed by atoms with Crippen molar-refractivity contribution in [3.05, 3.63) is 11.1 Å². The molecular formula is C12H16N2O5S2. The van der Waals surface area contributed by atoms with Gasteiger partial charge in [-0.2, -0.15) is 0 Å². The standard InChI is InChI=1S/C12H16N2O5S2/c1-3-19-10(16)4-8-6-20-12(14-8)21-7-9(15)13-5-11(17)18-2/h6H,3-5,7H2,1-2H3,(H,13,15). The van der Waals surface area contributed by atoms with Gasteiger partial charge in [-0.15, -0.1) is 11.3 Å². The minimum absolute atomic E-state index is 0.124. The molecule has 1 aromatic heterocycles. The predicted molar refractivity (Wildman–Crippen MR) is 78.2 cm³/mol. The van der Waals surface area contributed by atoms with E-state index in [1.54, 1.807) is 12.3 Å². The molecule has 1 amide bonds. The van der Waals surface area contributed by atoms with Crippen LogP contribution in [0.2, 0.25) is 0 Å². The number of rotatable bonds is 8. The van der Waals surface area contributed by atoms with Crippen molar-refractivity contribution >= 4 is 40.9 Å². The highest BCUT2D eigenvalue weighted by Gasteiger charge is 2.11.